The molecule has 1 amide bonds. The van der Waals surface area contributed by atoms with E-state index in [0.29, 0.717) is 28.1 Å². The van der Waals surface area contributed by atoms with Gasteiger partial charge in [0.05, 0.1) is 18.0 Å². The molecule has 4 aromatic rings. The second-order valence-electron chi connectivity index (χ2n) is 7.63. The van der Waals surface area contributed by atoms with Gasteiger partial charge in [0, 0.05) is 26.4 Å². The zero-order chi connectivity index (χ0) is 25.5. The molecule has 0 unspecified atom stereocenters. The highest BCUT2D eigenvalue weighted by molar-refractivity contribution is 9.10. The summed E-state index contributed by atoms with van der Waals surface area (Å²) >= 11 is 10.7. The van der Waals surface area contributed by atoms with Crippen molar-refractivity contribution in [1.29, 1.82) is 0 Å². The number of thioether (sulfide) groups is 1. The summed E-state index contributed by atoms with van der Waals surface area (Å²) in [6.07, 6.45) is 1.34. The number of benzene rings is 3. The summed E-state index contributed by atoms with van der Waals surface area (Å²) in [7, 11) is 0. The van der Waals surface area contributed by atoms with Gasteiger partial charge in [0.2, 0.25) is 0 Å². The quantitative estimate of drug-likeness (QED) is 0.134. The van der Waals surface area contributed by atoms with Gasteiger partial charge in [0.25, 0.3) is 5.91 Å². The van der Waals surface area contributed by atoms with Crippen molar-refractivity contribution in [2.45, 2.75) is 23.9 Å². The number of amides is 1. The van der Waals surface area contributed by atoms with E-state index in [1.807, 2.05) is 59.2 Å². The zero-order valence-corrected chi connectivity index (χ0v) is 22.3. The summed E-state index contributed by atoms with van der Waals surface area (Å²) in [5.74, 6) is 0.392. The first-order valence-corrected chi connectivity index (χ1v) is 12.9. The van der Waals surface area contributed by atoms with Crippen molar-refractivity contribution in [2.75, 3.05) is 5.32 Å². The van der Waals surface area contributed by atoms with Crippen LogP contribution in [0.1, 0.15) is 18.3 Å². The number of aromatic nitrogens is 3. The van der Waals surface area contributed by atoms with Crippen molar-refractivity contribution in [3.05, 3.63) is 93.7 Å². The number of carbonyl (C=O) groups is 1. The maximum absolute atomic E-state index is 12.7. The minimum Gasteiger partial charge on any atom is -0.507 e. The number of hydrogen-bond acceptors (Lipinski definition) is 7. The van der Waals surface area contributed by atoms with Crippen LogP contribution in [0.15, 0.2) is 87.5 Å². The standard InChI is InChI=1S/C25H22BrClN6O2S/c1-16(24(35)31-29-14-17-13-19(27)9-12-22(17)34)36-25-32-30-23(33(25)21-5-3-2-4-6-21)15-28-20-10-7-18(26)8-11-20/h2-14,16,28,34H,15H2,1H3,(H,31,35)/b29-14-/t16-/m1/s1. The van der Waals surface area contributed by atoms with Gasteiger partial charge in [-0.25, -0.2) is 5.43 Å². The Morgan fingerprint density at radius 2 is 1.92 bits per heavy atom. The predicted molar refractivity (Wildman–Crippen MR) is 147 cm³/mol. The van der Waals surface area contributed by atoms with Crippen LogP contribution in [0.5, 0.6) is 5.75 Å². The molecule has 0 aliphatic carbocycles. The van der Waals surface area contributed by atoms with Crippen molar-refractivity contribution in [3.63, 3.8) is 0 Å². The summed E-state index contributed by atoms with van der Waals surface area (Å²) in [5, 5.41) is 26.4. The number of hydrogen-bond donors (Lipinski definition) is 3. The van der Waals surface area contributed by atoms with Gasteiger partial charge >= 0.3 is 0 Å². The Morgan fingerprint density at radius 1 is 1.17 bits per heavy atom. The molecule has 11 heteroatoms. The zero-order valence-electron chi connectivity index (χ0n) is 19.1. The van der Waals surface area contributed by atoms with Crippen LogP contribution in [-0.4, -0.2) is 37.2 Å². The molecule has 3 aromatic carbocycles. The molecule has 0 aliphatic rings. The molecule has 0 saturated carbocycles. The SMILES string of the molecule is C[C@@H](Sc1nnc(CNc2ccc(Br)cc2)n1-c1ccccc1)C(=O)N/N=C\c1cc(Cl)ccc1O. The lowest BCUT2D eigenvalue weighted by atomic mass is 10.2. The summed E-state index contributed by atoms with van der Waals surface area (Å²) in [4.78, 5) is 12.7. The van der Waals surface area contributed by atoms with Crippen molar-refractivity contribution >= 4 is 57.1 Å². The third kappa shape index (κ3) is 6.66. The van der Waals surface area contributed by atoms with Crippen LogP contribution in [0.4, 0.5) is 5.69 Å². The second kappa shape index (κ2) is 12.1. The van der Waals surface area contributed by atoms with Crippen molar-refractivity contribution in [3.8, 4) is 11.4 Å². The van der Waals surface area contributed by atoms with Gasteiger partial charge in [0.1, 0.15) is 5.75 Å². The molecule has 0 spiro atoms. The molecule has 1 aromatic heterocycles. The Kier molecular flexibility index (Phi) is 8.63. The Balaban J connectivity index is 1.47. The largest absolute Gasteiger partial charge is 0.507 e. The van der Waals surface area contributed by atoms with E-state index in [-0.39, 0.29) is 11.7 Å². The smallest absolute Gasteiger partial charge is 0.253 e. The summed E-state index contributed by atoms with van der Waals surface area (Å²) in [6, 6.07) is 22.2. The van der Waals surface area contributed by atoms with Crippen LogP contribution in [0.3, 0.4) is 0 Å². The van der Waals surface area contributed by atoms with Gasteiger partial charge in [-0.05, 0) is 61.5 Å². The van der Waals surface area contributed by atoms with Gasteiger partial charge in [0.15, 0.2) is 11.0 Å². The summed E-state index contributed by atoms with van der Waals surface area (Å²) in [6.45, 7) is 2.20. The molecule has 0 fully saturated rings. The molecular weight excluding hydrogens is 564 g/mol. The number of rotatable bonds is 9. The molecule has 0 radical (unpaired) electrons. The number of phenols is 1. The highest BCUT2D eigenvalue weighted by Gasteiger charge is 2.21. The first-order valence-electron chi connectivity index (χ1n) is 10.9. The van der Waals surface area contributed by atoms with E-state index in [0.717, 1.165) is 15.8 Å². The third-order valence-electron chi connectivity index (χ3n) is 5.03. The minimum atomic E-state index is -0.519. The van der Waals surface area contributed by atoms with Gasteiger partial charge in [-0.2, -0.15) is 5.10 Å². The molecule has 0 bridgehead atoms. The van der Waals surface area contributed by atoms with E-state index in [1.165, 1.54) is 24.0 Å². The number of nitrogens with zero attached hydrogens (tertiary/aromatic N) is 4. The topological polar surface area (TPSA) is 104 Å². The average molecular weight is 586 g/mol. The minimum absolute atomic E-state index is 0.0139. The van der Waals surface area contributed by atoms with Gasteiger partial charge < -0.3 is 10.4 Å². The monoisotopic (exact) mass is 584 g/mol. The molecule has 3 N–H and O–H groups in total. The number of hydrazone groups is 1. The first kappa shape index (κ1) is 25.7. The van der Waals surface area contributed by atoms with Crippen molar-refractivity contribution in [2.24, 2.45) is 5.10 Å². The highest BCUT2D eigenvalue weighted by atomic mass is 79.9. The summed E-state index contributed by atoms with van der Waals surface area (Å²) < 4.78 is 2.92. The van der Waals surface area contributed by atoms with Crippen LogP contribution in [0, 0.1) is 0 Å². The molecule has 0 saturated heterocycles. The van der Waals surface area contributed by atoms with E-state index in [4.69, 9.17) is 11.6 Å². The fourth-order valence-electron chi connectivity index (χ4n) is 3.17. The molecule has 36 heavy (non-hydrogen) atoms. The Hall–Kier alpha value is -3.34. The first-order chi connectivity index (χ1) is 17.4. The predicted octanol–water partition coefficient (Wildman–Crippen LogP) is 5.63. The molecule has 1 heterocycles. The van der Waals surface area contributed by atoms with Gasteiger partial charge in [-0.1, -0.05) is 57.5 Å². The maximum atomic E-state index is 12.7. The van der Waals surface area contributed by atoms with Gasteiger partial charge in [-0.3, -0.25) is 9.36 Å². The number of aromatic hydroxyl groups is 1. The normalized spacial score (nSPS) is 12.0. The van der Waals surface area contributed by atoms with Crippen LogP contribution in [-0.2, 0) is 11.3 Å². The maximum Gasteiger partial charge on any atom is 0.253 e. The highest BCUT2D eigenvalue weighted by Crippen LogP contribution is 2.26. The van der Waals surface area contributed by atoms with Crippen LogP contribution >= 0.6 is 39.3 Å². The lowest BCUT2D eigenvalue weighted by molar-refractivity contribution is -0.120. The number of phenolic OH excluding ortho intramolecular Hbond substituents is 1. The average Bonchev–Trinajstić information content (AvgIpc) is 3.28. The number of anilines is 1. The fourth-order valence-corrected chi connectivity index (χ4v) is 4.50. The van der Waals surface area contributed by atoms with E-state index in [9.17, 15) is 9.90 Å². The van der Waals surface area contributed by atoms with Gasteiger partial charge in [-0.15, -0.1) is 10.2 Å². The van der Waals surface area contributed by atoms with E-state index in [2.05, 4.69) is 42.0 Å². The number of carbonyl (C=O) groups excluding carboxylic acids is 1. The molecule has 8 nitrogen and oxygen atoms in total. The molecular formula is C25H22BrClN6O2S. The number of para-hydroxylation sites is 1. The Labute approximate surface area is 225 Å². The Bertz CT molecular complexity index is 1360. The van der Waals surface area contributed by atoms with Crippen molar-refractivity contribution < 1.29 is 9.90 Å². The number of nitrogens with one attached hydrogen (secondary N) is 2. The van der Waals surface area contributed by atoms with Crippen LogP contribution < -0.4 is 10.7 Å². The fraction of sp³-hybridized carbons (Fsp3) is 0.120. The van der Waals surface area contributed by atoms with Crippen molar-refractivity contribution in [1.82, 2.24) is 20.2 Å². The summed E-state index contributed by atoms with van der Waals surface area (Å²) in [5.41, 5.74) is 4.73. The molecule has 0 aliphatic heterocycles. The third-order valence-corrected chi connectivity index (χ3v) is 6.84. The van der Waals surface area contributed by atoms with E-state index >= 15 is 0 Å². The second-order valence-corrected chi connectivity index (χ2v) is 10.3. The molecule has 1 atom stereocenters. The van der Waals surface area contributed by atoms with Crippen LogP contribution in [0.25, 0.3) is 5.69 Å². The lowest BCUT2D eigenvalue weighted by Gasteiger charge is -2.13. The molecule has 184 valence electrons. The molecule has 4 rings (SSSR count). The van der Waals surface area contributed by atoms with E-state index in [1.54, 1.807) is 19.1 Å². The van der Waals surface area contributed by atoms with E-state index < -0.39 is 5.25 Å². The number of halogens is 2. The van der Waals surface area contributed by atoms with Crippen LogP contribution in [0.2, 0.25) is 5.02 Å². The lowest BCUT2D eigenvalue weighted by Crippen LogP contribution is -2.27. The Morgan fingerprint density at radius 3 is 2.67 bits per heavy atom.